The zero-order valence-electron chi connectivity index (χ0n) is 10.5. The molecule has 2 bridgehead atoms. The summed E-state index contributed by atoms with van der Waals surface area (Å²) in [6.45, 7) is 8.08. The van der Waals surface area contributed by atoms with E-state index in [-0.39, 0.29) is 0 Å². The van der Waals surface area contributed by atoms with E-state index < -0.39 is 0 Å². The summed E-state index contributed by atoms with van der Waals surface area (Å²) in [4.78, 5) is 2.79. The SMILES string of the molecule is CCNC1CC2CCCC(C1)N2C(C)C. The fraction of sp³-hybridized carbons (Fsp3) is 1.00. The molecule has 2 unspecified atom stereocenters. The third-order valence-corrected chi connectivity index (χ3v) is 4.12. The van der Waals surface area contributed by atoms with Crippen LogP contribution in [0.1, 0.15) is 52.9 Å². The van der Waals surface area contributed by atoms with E-state index >= 15 is 0 Å². The summed E-state index contributed by atoms with van der Waals surface area (Å²) in [5.74, 6) is 0. The van der Waals surface area contributed by atoms with Gasteiger partial charge in [-0.2, -0.15) is 0 Å². The number of hydrogen-bond donors (Lipinski definition) is 1. The molecule has 0 aromatic heterocycles. The molecule has 15 heavy (non-hydrogen) atoms. The molecule has 2 saturated heterocycles. The first-order chi connectivity index (χ1) is 7.22. The highest BCUT2D eigenvalue weighted by molar-refractivity contribution is 4.96. The second kappa shape index (κ2) is 4.84. The van der Waals surface area contributed by atoms with Gasteiger partial charge in [0.1, 0.15) is 0 Å². The third kappa shape index (κ3) is 2.36. The van der Waals surface area contributed by atoms with E-state index in [1.807, 2.05) is 0 Å². The Morgan fingerprint density at radius 3 is 2.27 bits per heavy atom. The van der Waals surface area contributed by atoms with E-state index in [2.05, 4.69) is 31.0 Å². The highest BCUT2D eigenvalue weighted by atomic mass is 15.2. The van der Waals surface area contributed by atoms with Gasteiger partial charge < -0.3 is 5.32 Å². The number of rotatable bonds is 3. The van der Waals surface area contributed by atoms with E-state index in [0.717, 1.165) is 30.7 Å². The fourth-order valence-corrected chi connectivity index (χ4v) is 3.72. The smallest absolute Gasteiger partial charge is 0.0116 e. The Labute approximate surface area is 94.4 Å². The third-order valence-electron chi connectivity index (χ3n) is 4.12. The lowest BCUT2D eigenvalue weighted by Crippen LogP contribution is -2.58. The lowest BCUT2D eigenvalue weighted by molar-refractivity contribution is 0.000505. The van der Waals surface area contributed by atoms with Gasteiger partial charge in [0.2, 0.25) is 0 Å². The van der Waals surface area contributed by atoms with Crippen LogP contribution in [0.4, 0.5) is 0 Å². The zero-order chi connectivity index (χ0) is 10.8. The number of nitrogens with zero attached hydrogens (tertiary/aromatic N) is 1. The first kappa shape index (κ1) is 11.4. The molecule has 2 aliphatic heterocycles. The van der Waals surface area contributed by atoms with Crippen LogP contribution in [0.25, 0.3) is 0 Å². The summed E-state index contributed by atoms with van der Waals surface area (Å²) in [5, 5.41) is 3.65. The van der Waals surface area contributed by atoms with Crippen molar-refractivity contribution in [2.45, 2.75) is 77.0 Å². The number of fused-ring (bicyclic) bond motifs is 2. The minimum atomic E-state index is 0.739. The maximum atomic E-state index is 3.65. The van der Waals surface area contributed by atoms with Gasteiger partial charge in [-0.25, -0.2) is 0 Å². The lowest BCUT2D eigenvalue weighted by Gasteiger charge is -2.51. The second-order valence-corrected chi connectivity index (χ2v) is 5.51. The van der Waals surface area contributed by atoms with Crippen molar-refractivity contribution in [2.24, 2.45) is 0 Å². The van der Waals surface area contributed by atoms with Gasteiger partial charge in [-0.05, 0) is 46.1 Å². The molecule has 2 nitrogen and oxygen atoms in total. The summed E-state index contributed by atoms with van der Waals surface area (Å²) < 4.78 is 0. The molecule has 2 atom stereocenters. The average Bonchev–Trinajstić information content (AvgIpc) is 2.16. The molecule has 0 saturated carbocycles. The number of hydrogen-bond acceptors (Lipinski definition) is 2. The molecule has 1 N–H and O–H groups in total. The lowest BCUT2D eigenvalue weighted by atomic mass is 9.81. The molecule has 0 radical (unpaired) electrons. The molecule has 0 aromatic rings. The Hall–Kier alpha value is -0.0800. The van der Waals surface area contributed by atoms with Crippen molar-refractivity contribution < 1.29 is 0 Å². The van der Waals surface area contributed by atoms with Crippen molar-refractivity contribution >= 4 is 0 Å². The Kier molecular flexibility index (Phi) is 3.68. The largest absolute Gasteiger partial charge is 0.314 e. The van der Waals surface area contributed by atoms with Gasteiger partial charge in [-0.3, -0.25) is 4.90 Å². The van der Waals surface area contributed by atoms with Crippen LogP contribution in [0.3, 0.4) is 0 Å². The molecular formula is C13H26N2. The quantitative estimate of drug-likeness (QED) is 0.769. The van der Waals surface area contributed by atoms with E-state index in [1.54, 1.807) is 0 Å². The van der Waals surface area contributed by atoms with E-state index in [9.17, 15) is 0 Å². The van der Waals surface area contributed by atoms with Crippen LogP contribution >= 0.6 is 0 Å². The van der Waals surface area contributed by atoms with Crippen molar-refractivity contribution in [3.63, 3.8) is 0 Å². The van der Waals surface area contributed by atoms with Crippen molar-refractivity contribution in [1.82, 2.24) is 10.2 Å². The number of piperidine rings is 2. The average molecular weight is 210 g/mol. The van der Waals surface area contributed by atoms with Crippen molar-refractivity contribution in [3.8, 4) is 0 Å². The van der Waals surface area contributed by atoms with Gasteiger partial charge in [0.25, 0.3) is 0 Å². The second-order valence-electron chi connectivity index (χ2n) is 5.51. The molecule has 2 heterocycles. The fourth-order valence-electron chi connectivity index (χ4n) is 3.72. The molecule has 0 amide bonds. The maximum Gasteiger partial charge on any atom is 0.0116 e. The normalized spacial score (nSPS) is 37.2. The van der Waals surface area contributed by atoms with Crippen LogP contribution in [0.15, 0.2) is 0 Å². The summed E-state index contributed by atoms with van der Waals surface area (Å²) in [6, 6.07) is 3.26. The zero-order valence-corrected chi connectivity index (χ0v) is 10.5. The predicted octanol–water partition coefficient (Wildman–Crippen LogP) is 2.39. The Morgan fingerprint density at radius 1 is 1.20 bits per heavy atom. The topological polar surface area (TPSA) is 15.3 Å². The van der Waals surface area contributed by atoms with Crippen LogP contribution in [-0.4, -0.2) is 35.6 Å². The van der Waals surface area contributed by atoms with Crippen LogP contribution in [0.5, 0.6) is 0 Å². The molecule has 0 spiro atoms. The Bertz CT molecular complexity index is 189. The summed E-state index contributed by atoms with van der Waals surface area (Å²) in [6.07, 6.45) is 7.07. The molecule has 2 fully saturated rings. The van der Waals surface area contributed by atoms with Crippen molar-refractivity contribution in [1.29, 1.82) is 0 Å². The standard InChI is InChI=1S/C13H26N2/c1-4-14-11-8-12-6-5-7-13(9-11)15(12)10(2)3/h10-14H,4-9H2,1-3H3. The molecular weight excluding hydrogens is 184 g/mol. The minimum absolute atomic E-state index is 0.739. The predicted molar refractivity (Wildman–Crippen MR) is 65.1 cm³/mol. The van der Waals surface area contributed by atoms with Gasteiger partial charge >= 0.3 is 0 Å². The van der Waals surface area contributed by atoms with Crippen LogP contribution in [0, 0.1) is 0 Å². The minimum Gasteiger partial charge on any atom is -0.314 e. The van der Waals surface area contributed by atoms with Crippen LogP contribution in [0.2, 0.25) is 0 Å². The molecule has 0 aromatic carbocycles. The van der Waals surface area contributed by atoms with Crippen LogP contribution in [-0.2, 0) is 0 Å². The first-order valence-electron chi connectivity index (χ1n) is 6.73. The van der Waals surface area contributed by atoms with Gasteiger partial charge in [-0.15, -0.1) is 0 Å². The van der Waals surface area contributed by atoms with E-state index in [1.165, 1.54) is 32.1 Å². The Balaban J connectivity index is 2.01. The summed E-state index contributed by atoms with van der Waals surface area (Å²) >= 11 is 0. The summed E-state index contributed by atoms with van der Waals surface area (Å²) in [7, 11) is 0. The summed E-state index contributed by atoms with van der Waals surface area (Å²) in [5.41, 5.74) is 0. The van der Waals surface area contributed by atoms with Gasteiger partial charge in [0.15, 0.2) is 0 Å². The molecule has 2 rings (SSSR count). The van der Waals surface area contributed by atoms with Gasteiger partial charge in [0.05, 0.1) is 0 Å². The van der Waals surface area contributed by atoms with Gasteiger partial charge in [-0.1, -0.05) is 13.3 Å². The number of nitrogens with one attached hydrogen (secondary N) is 1. The molecule has 88 valence electrons. The Morgan fingerprint density at radius 2 is 1.80 bits per heavy atom. The van der Waals surface area contributed by atoms with Crippen LogP contribution < -0.4 is 5.32 Å². The highest BCUT2D eigenvalue weighted by Gasteiger charge is 2.38. The molecule has 2 aliphatic rings. The first-order valence-corrected chi connectivity index (χ1v) is 6.73. The van der Waals surface area contributed by atoms with E-state index in [4.69, 9.17) is 0 Å². The van der Waals surface area contributed by atoms with E-state index in [0.29, 0.717) is 0 Å². The van der Waals surface area contributed by atoms with Gasteiger partial charge in [0, 0.05) is 24.2 Å². The van der Waals surface area contributed by atoms with Crippen molar-refractivity contribution in [3.05, 3.63) is 0 Å². The maximum absolute atomic E-state index is 3.65. The van der Waals surface area contributed by atoms with Crippen molar-refractivity contribution in [2.75, 3.05) is 6.54 Å². The molecule has 2 heteroatoms. The highest BCUT2D eigenvalue weighted by Crippen LogP contribution is 2.35. The molecule has 0 aliphatic carbocycles. The monoisotopic (exact) mass is 210 g/mol.